The maximum absolute atomic E-state index is 10.5. The van der Waals surface area contributed by atoms with Gasteiger partial charge < -0.3 is 4.74 Å². The van der Waals surface area contributed by atoms with Crippen molar-refractivity contribution < 1.29 is 9.53 Å². The zero-order chi connectivity index (χ0) is 9.26. The maximum Gasteiger partial charge on any atom is 0.241 e. The molecule has 2 rings (SSSR count). The number of aldehydes is 1. The molecule has 13 heavy (non-hydrogen) atoms. The Labute approximate surface area is 74.0 Å². The second-order valence-corrected chi connectivity index (χ2v) is 2.49. The Bertz CT molecular complexity index is 450. The van der Waals surface area contributed by atoms with Gasteiger partial charge in [-0.15, -0.1) is 0 Å². The third-order valence-electron chi connectivity index (χ3n) is 1.72. The lowest BCUT2D eigenvalue weighted by Gasteiger charge is -1.98. The van der Waals surface area contributed by atoms with Crippen LogP contribution < -0.4 is 4.74 Å². The van der Waals surface area contributed by atoms with E-state index in [4.69, 9.17) is 4.74 Å². The quantitative estimate of drug-likeness (QED) is 0.628. The van der Waals surface area contributed by atoms with Crippen LogP contribution in [-0.4, -0.2) is 28.0 Å². The maximum atomic E-state index is 10.5. The van der Waals surface area contributed by atoms with Crippen LogP contribution in [0.25, 0.3) is 5.52 Å². The van der Waals surface area contributed by atoms with Gasteiger partial charge in [-0.25, -0.2) is 4.52 Å². The third kappa shape index (κ3) is 1.14. The van der Waals surface area contributed by atoms with Crippen LogP contribution in [0.15, 0.2) is 18.6 Å². The molecule has 0 unspecified atom stereocenters. The minimum absolute atomic E-state index is 0.461. The Hall–Kier alpha value is -1.91. The first-order chi connectivity index (χ1) is 6.35. The first-order valence-corrected chi connectivity index (χ1v) is 3.67. The summed E-state index contributed by atoms with van der Waals surface area (Å²) in [6, 6.07) is 1.67. The first-order valence-electron chi connectivity index (χ1n) is 3.67. The van der Waals surface area contributed by atoms with E-state index < -0.39 is 0 Å². The SMILES string of the molecule is COc1ncnn2cc(C=O)cc12. The van der Waals surface area contributed by atoms with Gasteiger partial charge >= 0.3 is 0 Å². The van der Waals surface area contributed by atoms with Gasteiger partial charge in [0.2, 0.25) is 5.88 Å². The van der Waals surface area contributed by atoms with Crippen molar-refractivity contribution in [1.29, 1.82) is 0 Å². The molecule has 0 N–H and O–H groups in total. The van der Waals surface area contributed by atoms with Gasteiger partial charge in [-0.2, -0.15) is 10.1 Å². The lowest BCUT2D eigenvalue weighted by atomic mass is 10.4. The molecule has 0 aliphatic heterocycles. The third-order valence-corrected chi connectivity index (χ3v) is 1.72. The fraction of sp³-hybridized carbons (Fsp3) is 0.125. The van der Waals surface area contributed by atoms with Crippen LogP contribution in [0.5, 0.6) is 5.88 Å². The monoisotopic (exact) mass is 177 g/mol. The zero-order valence-electron chi connectivity index (χ0n) is 6.97. The molecule has 5 heteroatoms. The highest BCUT2D eigenvalue weighted by Crippen LogP contribution is 2.16. The number of carbonyl (C=O) groups is 1. The van der Waals surface area contributed by atoms with E-state index in [1.54, 1.807) is 16.8 Å². The first kappa shape index (κ1) is 7.72. The smallest absolute Gasteiger partial charge is 0.241 e. The molecule has 0 aliphatic rings. The molecule has 2 aromatic heterocycles. The zero-order valence-corrected chi connectivity index (χ0v) is 6.97. The number of methoxy groups -OCH3 is 1. The number of aromatic nitrogens is 3. The molecule has 0 aromatic carbocycles. The predicted octanol–water partition coefficient (Wildman–Crippen LogP) is 0.550. The molecule has 0 amide bonds. The van der Waals surface area contributed by atoms with E-state index in [-0.39, 0.29) is 0 Å². The Morgan fingerprint density at radius 3 is 3.15 bits per heavy atom. The van der Waals surface area contributed by atoms with Crippen LogP contribution in [-0.2, 0) is 0 Å². The highest BCUT2D eigenvalue weighted by Gasteiger charge is 2.05. The van der Waals surface area contributed by atoms with E-state index in [2.05, 4.69) is 10.1 Å². The van der Waals surface area contributed by atoms with E-state index in [0.717, 1.165) is 6.29 Å². The summed E-state index contributed by atoms with van der Waals surface area (Å²) in [5.41, 5.74) is 1.24. The molecule has 66 valence electrons. The van der Waals surface area contributed by atoms with Crippen molar-refractivity contribution >= 4 is 11.8 Å². The Balaban J connectivity index is 2.74. The summed E-state index contributed by atoms with van der Waals surface area (Å²) in [6.07, 6.45) is 3.75. The van der Waals surface area contributed by atoms with Crippen molar-refractivity contribution in [3.63, 3.8) is 0 Å². The number of hydrogen-bond acceptors (Lipinski definition) is 4. The normalized spacial score (nSPS) is 10.2. The van der Waals surface area contributed by atoms with Crippen LogP contribution in [0.1, 0.15) is 10.4 Å². The molecule has 0 saturated carbocycles. The molecular weight excluding hydrogens is 170 g/mol. The number of nitrogens with zero attached hydrogens (tertiary/aromatic N) is 3. The van der Waals surface area contributed by atoms with Crippen molar-refractivity contribution in [2.75, 3.05) is 7.11 Å². The van der Waals surface area contributed by atoms with Crippen LogP contribution >= 0.6 is 0 Å². The fourth-order valence-electron chi connectivity index (χ4n) is 1.15. The van der Waals surface area contributed by atoms with Crippen LogP contribution in [0.3, 0.4) is 0 Å². The number of hydrogen-bond donors (Lipinski definition) is 0. The molecule has 0 atom stereocenters. The van der Waals surface area contributed by atoms with Crippen LogP contribution in [0.4, 0.5) is 0 Å². The lowest BCUT2D eigenvalue weighted by Crippen LogP contribution is -1.95. The molecule has 0 aliphatic carbocycles. The molecule has 0 bridgehead atoms. The van der Waals surface area contributed by atoms with E-state index in [1.165, 1.54) is 13.4 Å². The number of rotatable bonds is 2. The molecule has 0 spiro atoms. The van der Waals surface area contributed by atoms with E-state index in [0.29, 0.717) is 17.0 Å². The van der Waals surface area contributed by atoms with Gasteiger partial charge in [-0.3, -0.25) is 4.79 Å². The second-order valence-electron chi connectivity index (χ2n) is 2.49. The van der Waals surface area contributed by atoms with Crippen molar-refractivity contribution in [3.8, 4) is 5.88 Å². The molecule has 5 nitrogen and oxygen atoms in total. The summed E-state index contributed by atoms with van der Waals surface area (Å²) in [5, 5.41) is 3.93. The Morgan fingerprint density at radius 2 is 2.46 bits per heavy atom. The highest BCUT2D eigenvalue weighted by molar-refractivity contribution is 5.79. The number of ether oxygens (including phenoxy) is 1. The van der Waals surface area contributed by atoms with Crippen molar-refractivity contribution in [2.24, 2.45) is 0 Å². The van der Waals surface area contributed by atoms with E-state index in [1.807, 2.05) is 0 Å². The van der Waals surface area contributed by atoms with Gasteiger partial charge in [0, 0.05) is 11.8 Å². The van der Waals surface area contributed by atoms with Crippen LogP contribution in [0.2, 0.25) is 0 Å². The summed E-state index contributed by atoms with van der Waals surface area (Å²) in [7, 11) is 1.52. The van der Waals surface area contributed by atoms with Gasteiger partial charge in [0.1, 0.15) is 11.8 Å². The number of fused-ring (bicyclic) bond motifs is 1. The van der Waals surface area contributed by atoms with Gasteiger partial charge in [0.15, 0.2) is 6.29 Å². The standard InChI is InChI=1S/C8H7N3O2/c1-13-8-7-2-6(4-12)3-11(7)10-5-9-8/h2-5H,1H3. The van der Waals surface area contributed by atoms with Gasteiger partial charge in [-0.05, 0) is 6.07 Å². The Morgan fingerprint density at radius 1 is 1.62 bits per heavy atom. The summed E-state index contributed by atoms with van der Waals surface area (Å²) in [4.78, 5) is 14.4. The summed E-state index contributed by atoms with van der Waals surface area (Å²) in [5.74, 6) is 0.461. The van der Waals surface area contributed by atoms with Crippen molar-refractivity contribution in [3.05, 3.63) is 24.2 Å². The second kappa shape index (κ2) is 2.85. The Kier molecular flexibility index (Phi) is 1.70. The number of carbonyl (C=O) groups excluding carboxylic acids is 1. The average Bonchev–Trinajstić information content (AvgIpc) is 2.59. The summed E-state index contributed by atoms with van der Waals surface area (Å²) < 4.78 is 6.55. The fourth-order valence-corrected chi connectivity index (χ4v) is 1.15. The average molecular weight is 177 g/mol. The van der Waals surface area contributed by atoms with Gasteiger partial charge in [-0.1, -0.05) is 0 Å². The lowest BCUT2D eigenvalue weighted by molar-refractivity contribution is 0.112. The predicted molar refractivity (Wildman–Crippen MR) is 44.9 cm³/mol. The molecule has 2 heterocycles. The van der Waals surface area contributed by atoms with Crippen LogP contribution in [0, 0.1) is 0 Å². The van der Waals surface area contributed by atoms with Crippen molar-refractivity contribution in [1.82, 2.24) is 14.6 Å². The largest absolute Gasteiger partial charge is 0.479 e. The van der Waals surface area contributed by atoms with E-state index in [9.17, 15) is 4.79 Å². The molecular formula is C8H7N3O2. The minimum atomic E-state index is 0.461. The summed E-state index contributed by atoms with van der Waals surface area (Å²) in [6.45, 7) is 0. The molecule has 2 aromatic rings. The minimum Gasteiger partial charge on any atom is -0.479 e. The molecule has 0 fully saturated rings. The summed E-state index contributed by atoms with van der Waals surface area (Å²) >= 11 is 0. The van der Waals surface area contributed by atoms with Gasteiger partial charge in [0.25, 0.3) is 0 Å². The molecule has 0 radical (unpaired) electrons. The highest BCUT2D eigenvalue weighted by atomic mass is 16.5. The van der Waals surface area contributed by atoms with Crippen molar-refractivity contribution in [2.45, 2.75) is 0 Å². The van der Waals surface area contributed by atoms with E-state index >= 15 is 0 Å². The molecule has 0 saturated heterocycles. The topological polar surface area (TPSA) is 56.5 Å². The van der Waals surface area contributed by atoms with Gasteiger partial charge in [0.05, 0.1) is 7.11 Å².